The molecule has 1 aromatic carbocycles. The molecule has 3 rings (SSSR count). The van der Waals surface area contributed by atoms with Crippen LogP contribution >= 0.6 is 0 Å². The fourth-order valence-electron chi connectivity index (χ4n) is 1.84. The third kappa shape index (κ3) is 1.62. The van der Waals surface area contributed by atoms with Crippen LogP contribution in [0, 0.1) is 11.3 Å². The SMILES string of the molecule is N#Cc1ncn(Cc2ccc3c(c2)OCO3)c1N. The molecule has 2 aromatic rings. The van der Waals surface area contributed by atoms with Crippen LogP contribution in [0.3, 0.4) is 0 Å². The average molecular weight is 242 g/mol. The van der Waals surface area contributed by atoms with Gasteiger partial charge in [0.1, 0.15) is 11.9 Å². The number of hydrogen-bond donors (Lipinski definition) is 1. The lowest BCUT2D eigenvalue weighted by Crippen LogP contribution is -2.03. The summed E-state index contributed by atoms with van der Waals surface area (Å²) in [6, 6.07) is 7.62. The van der Waals surface area contributed by atoms with E-state index in [1.165, 1.54) is 0 Å². The Labute approximate surface area is 103 Å². The van der Waals surface area contributed by atoms with Gasteiger partial charge in [-0.25, -0.2) is 4.98 Å². The smallest absolute Gasteiger partial charge is 0.231 e. The highest BCUT2D eigenvalue weighted by atomic mass is 16.7. The third-order valence-corrected chi connectivity index (χ3v) is 2.77. The molecule has 0 atom stereocenters. The van der Waals surface area contributed by atoms with Gasteiger partial charge in [-0.1, -0.05) is 6.07 Å². The van der Waals surface area contributed by atoms with E-state index in [9.17, 15) is 0 Å². The highest BCUT2D eigenvalue weighted by Crippen LogP contribution is 2.32. The van der Waals surface area contributed by atoms with Crippen molar-refractivity contribution in [2.24, 2.45) is 0 Å². The highest BCUT2D eigenvalue weighted by Gasteiger charge is 2.14. The van der Waals surface area contributed by atoms with Gasteiger partial charge in [0.25, 0.3) is 0 Å². The summed E-state index contributed by atoms with van der Waals surface area (Å²) >= 11 is 0. The summed E-state index contributed by atoms with van der Waals surface area (Å²) < 4.78 is 12.3. The van der Waals surface area contributed by atoms with E-state index in [2.05, 4.69) is 4.98 Å². The minimum Gasteiger partial charge on any atom is -0.454 e. The van der Waals surface area contributed by atoms with Crippen LogP contribution in [0.1, 0.15) is 11.3 Å². The van der Waals surface area contributed by atoms with Crippen LogP contribution in [0.25, 0.3) is 0 Å². The van der Waals surface area contributed by atoms with E-state index >= 15 is 0 Å². The zero-order chi connectivity index (χ0) is 12.5. The molecule has 0 unspecified atom stereocenters. The predicted molar refractivity (Wildman–Crippen MR) is 63.0 cm³/mol. The summed E-state index contributed by atoms with van der Waals surface area (Å²) in [6.45, 7) is 0.793. The molecule has 2 heterocycles. The van der Waals surface area contributed by atoms with Crippen molar-refractivity contribution in [3.05, 3.63) is 35.8 Å². The first-order valence-corrected chi connectivity index (χ1v) is 5.37. The van der Waals surface area contributed by atoms with Crippen LogP contribution in [-0.4, -0.2) is 16.3 Å². The standard InChI is InChI=1S/C12H10N4O2/c13-4-9-12(14)16(6-15-9)5-8-1-2-10-11(3-8)18-7-17-10/h1-3,6H,5,7,14H2. The van der Waals surface area contributed by atoms with Crippen molar-refractivity contribution in [1.82, 2.24) is 9.55 Å². The fourth-order valence-corrected chi connectivity index (χ4v) is 1.84. The summed E-state index contributed by atoms with van der Waals surface area (Å²) in [5, 5.41) is 8.78. The number of anilines is 1. The number of hydrogen-bond acceptors (Lipinski definition) is 5. The van der Waals surface area contributed by atoms with Crippen LogP contribution in [-0.2, 0) is 6.54 Å². The lowest BCUT2D eigenvalue weighted by atomic mass is 10.2. The van der Waals surface area contributed by atoms with E-state index in [0.717, 1.165) is 17.1 Å². The average Bonchev–Trinajstić information content (AvgIpc) is 2.97. The molecule has 0 saturated carbocycles. The zero-order valence-electron chi connectivity index (χ0n) is 9.46. The first-order chi connectivity index (χ1) is 8.78. The summed E-state index contributed by atoms with van der Waals surface area (Å²) in [7, 11) is 0. The molecule has 1 aromatic heterocycles. The number of nitrogens with two attached hydrogens (primary N) is 1. The molecule has 1 aliphatic rings. The summed E-state index contributed by atoms with van der Waals surface area (Å²) in [6.07, 6.45) is 1.55. The Bertz CT molecular complexity index is 642. The third-order valence-electron chi connectivity index (χ3n) is 2.77. The Morgan fingerprint density at radius 1 is 1.39 bits per heavy atom. The first-order valence-electron chi connectivity index (χ1n) is 5.37. The Kier molecular flexibility index (Phi) is 2.31. The van der Waals surface area contributed by atoms with Gasteiger partial charge in [-0.2, -0.15) is 5.26 Å². The van der Waals surface area contributed by atoms with Crippen LogP contribution < -0.4 is 15.2 Å². The van der Waals surface area contributed by atoms with Gasteiger partial charge in [-0.15, -0.1) is 0 Å². The normalized spacial score (nSPS) is 12.4. The summed E-state index contributed by atoms with van der Waals surface area (Å²) in [5.41, 5.74) is 7.05. The van der Waals surface area contributed by atoms with Gasteiger partial charge >= 0.3 is 0 Å². The highest BCUT2D eigenvalue weighted by molar-refractivity contribution is 5.47. The van der Waals surface area contributed by atoms with Gasteiger partial charge in [-0.3, -0.25) is 0 Å². The van der Waals surface area contributed by atoms with E-state index in [4.69, 9.17) is 20.5 Å². The number of fused-ring (bicyclic) bond motifs is 1. The predicted octanol–water partition coefficient (Wildman–Crippen LogP) is 1.11. The minimum absolute atomic E-state index is 0.246. The molecule has 1 aliphatic heterocycles. The van der Waals surface area contributed by atoms with Crippen molar-refractivity contribution in [1.29, 1.82) is 5.26 Å². The molecule has 0 fully saturated rings. The fraction of sp³-hybridized carbons (Fsp3) is 0.167. The van der Waals surface area contributed by atoms with Gasteiger partial charge in [0.15, 0.2) is 17.2 Å². The van der Waals surface area contributed by atoms with Crippen molar-refractivity contribution in [2.45, 2.75) is 6.54 Å². The molecule has 90 valence electrons. The first kappa shape index (κ1) is 10.5. The van der Waals surface area contributed by atoms with E-state index in [-0.39, 0.29) is 12.5 Å². The number of nitriles is 1. The Morgan fingerprint density at radius 2 is 2.22 bits per heavy atom. The van der Waals surface area contributed by atoms with Gasteiger partial charge in [-0.05, 0) is 17.7 Å². The number of nitrogen functional groups attached to an aromatic ring is 1. The van der Waals surface area contributed by atoms with Crippen LogP contribution in [0.2, 0.25) is 0 Å². The molecule has 0 aliphatic carbocycles. The van der Waals surface area contributed by atoms with Crippen molar-refractivity contribution >= 4 is 5.82 Å². The second-order valence-corrected chi connectivity index (χ2v) is 3.91. The topological polar surface area (TPSA) is 86.1 Å². The maximum atomic E-state index is 8.78. The van der Waals surface area contributed by atoms with Gasteiger partial charge in [0, 0.05) is 0 Å². The van der Waals surface area contributed by atoms with Crippen molar-refractivity contribution in [3.8, 4) is 17.6 Å². The van der Waals surface area contributed by atoms with E-state index in [1.54, 1.807) is 10.9 Å². The molecular weight excluding hydrogens is 232 g/mol. The summed E-state index contributed by atoms with van der Waals surface area (Å²) in [5.74, 6) is 1.84. The summed E-state index contributed by atoms with van der Waals surface area (Å²) in [4.78, 5) is 3.92. The van der Waals surface area contributed by atoms with Crippen molar-refractivity contribution < 1.29 is 9.47 Å². The number of ether oxygens (including phenoxy) is 2. The molecule has 6 nitrogen and oxygen atoms in total. The lowest BCUT2D eigenvalue weighted by Gasteiger charge is -2.06. The molecule has 2 N–H and O–H groups in total. The van der Waals surface area contributed by atoms with Crippen LogP contribution in [0.5, 0.6) is 11.5 Å². The van der Waals surface area contributed by atoms with Gasteiger partial charge in [0.2, 0.25) is 6.79 Å². The molecule has 0 saturated heterocycles. The molecule has 6 heteroatoms. The molecule has 0 spiro atoms. The number of nitrogens with zero attached hydrogens (tertiary/aromatic N) is 3. The zero-order valence-corrected chi connectivity index (χ0v) is 9.46. The van der Waals surface area contributed by atoms with Crippen LogP contribution in [0.4, 0.5) is 5.82 Å². The second kappa shape index (κ2) is 3.96. The molecule has 0 radical (unpaired) electrons. The molecule has 18 heavy (non-hydrogen) atoms. The van der Waals surface area contributed by atoms with Crippen molar-refractivity contribution in [2.75, 3.05) is 12.5 Å². The quantitative estimate of drug-likeness (QED) is 0.852. The number of aromatic nitrogens is 2. The van der Waals surface area contributed by atoms with E-state index in [0.29, 0.717) is 12.4 Å². The maximum absolute atomic E-state index is 8.78. The van der Waals surface area contributed by atoms with Crippen molar-refractivity contribution in [3.63, 3.8) is 0 Å². The van der Waals surface area contributed by atoms with Gasteiger partial charge < -0.3 is 19.8 Å². The molecule has 0 bridgehead atoms. The molecule has 0 amide bonds. The molecular formula is C12H10N4O2. The number of rotatable bonds is 2. The van der Waals surface area contributed by atoms with E-state index < -0.39 is 0 Å². The Hall–Kier alpha value is -2.68. The maximum Gasteiger partial charge on any atom is 0.231 e. The monoisotopic (exact) mass is 242 g/mol. The lowest BCUT2D eigenvalue weighted by molar-refractivity contribution is 0.174. The number of benzene rings is 1. The van der Waals surface area contributed by atoms with Crippen LogP contribution in [0.15, 0.2) is 24.5 Å². The van der Waals surface area contributed by atoms with E-state index in [1.807, 2.05) is 24.3 Å². The minimum atomic E-state index is 0.246. The van der Waals surface area contributed by atoms with Gasteiger partial charge in [0.05, 0.1) is 12.9 Å². The number of imidazole rings is 1. The Morgan fingerprint density at radius 3 is 3.00 bits per heavy atom. The second-order valence-electron chi connectivity index (χ2n) is 3.91. The Balaban J connectivity index is 1.88. The largest absolute Gasteiger partial charge is 0.454 e.